The summed E-state index contributed by atoms with van der Waals surface area (Å²) in [6.07, 6.45) is -1.91. The molecular weight excluding hydrogens is 364 g/mol. The van der Waals surface area contributed by atoms with Crippen molar-refractivity contribution >= 4 is 22.6 Å². The van der Waals surface area contributed by atoms with Crippen molar-refractivity contribution in [2.45, 2.75) is 70.6 Å². The first-order chi connectivity index (χ1) is 12.0. The Hall–Kier alpha value is -0.996. The van der Waals surface area contributed by atoms with Gasteiger partial charge in [0, 0.05) is 0 Å². The molecule has 0 bridgehead atoms. The van der Waals surface area contributed by atoms with Crippen LogP contribution >= 0.6 is 0 Å². The van der Waals surface area contributed by atoms with Gasteiger partial charge in [-0.05, 0) is 51.8 Å². The molecule has 26 heavy (non-hydrogen) atoms. The van der Waals surface area contributed by atoms with Crippen molar-refractivity contribution in [1.29, 1.82) is 0 Å². The lowest BCUT2D eigenvalue weighted by molar-refractivity contribution is -0.159. The normalized spacial score (nSPS) is 26.7. The average molecular weight is 397 g/mol. The highest BCUT2D eigenvalue weighted by atomic mass is 28.4. The standard InChI is InChI=1S/C19H32O5Si2/c1-8-21-19(20)18-17(24-26(5,6)7)16(23-25(2,3)4)15(22-18)14-12-10-9-11-13-14/h9-13,15-18H,8H2,1-7H3/t15-,16-,17+,18-/m0/s1. The Morgan fingerprint density at radius 1 is 0.962 bits per heavy atom. The molecule has 7 heteroatoms. The topological polar surface area (TPSA) is 54.0 Å². The molecule has 1 heterocycles. The Labute approximate surface area is 159 Å². The second kappa shape index (κ2) is 8.35. The summed E-state index contributed by atoms with van der Waals surface area (Å²) in [6.45, 7) is 14.8. The zero-order valence-corrected chi connectivity index (χ0v) is 18.9. The maximum atomic E-state index is 12.6. The summed E-state index contributed by atoms with van der Waals surface area (Å²) in [4.78, 5) is 12.6. The van der Waals surface area contributed by atoms with Gasteiger partial charge in [0.1, 0.15) is 18.3 Å². The van der Waals surface area contributed by atoms with E-state index in [1.54, 1.807) is 6.92 Å². The summed E-state index contributed by atoms with van der Waals surface area (Å²) in [5.41, 5.74) is 0.992. The van der Waals surface area contributed by atoms with Crippen LogP contribution in [0.1, 0.15) is 18.6 Å². The van der Waals surface area contributed by atoms with Crippen LogP contribution in [-0.2, 0) is 23.1 Å². The molecule has 0 radical (unpaired) electrons. The number of esters is 1. The van der Waals surface area contributed by atoms with E-state index in [9.17, 15) is 4.79 Å². The van der Waals surface area contributed by atoms with Gasteiger partial charge in [0.05, 0.1) is 6.61 Å². The average Bonchev–Trinajstić information content (AvgIpc) is 2.83. The summed E-state index contributed by atoms with van der Waals surface area (Å²) < 4.78 is 24.3. The Kier molecular flexibility index (Phi) is 6.84. The van der Waals surface area contributed by atoms with Gasteiger partial charge in [-0.25, -0.2) is 4.79 Å². The quantitative estimate of drug-likeness (QED) is 0.512. The minimum Gasteiger partial charge on any atom is -0.464 e. The van der Waals surface area contributed by atoms with Crippen LogP contribution in [0.4, 0.5) is 0 Å². The van der Waals surface area contributed by atoms with E-state index in [1.807, 2.05) is 30.3 Å². The van der Waals surface area contributed by atoms with E-state index >= 15 is 0 Å². The minimum atomic E-state index is -1.93. The highest BCUT2D eigenvalue weighted by Gasteiger charge is 2.52. The third-order valence-corrected chi connectivity index (χ3v) is 5.80. The van der Waals surface area contributed by atoms with E-state index in [2.05, 4.69) is 39.3 Å². The number of rotatable bonds is 7. The fourth-order valence-electron chi connectivity index (χ4n) is 3.06. The number of carbonyl (C=O) groups excluding carboxylic acids is 1. The zero-order valence-electron chi connectivity index (χ0n) is 16.9. The molecule has 1 aliphatic rings. The Morgan fingerprint density at radius 3 is 2.00 bits per heavy atom. The van der Waals surface area contributed by atoms with Crippen LogP contribution in [0, 0.1) is 0 Å². The predicted molar refractivity (Wildman–Crippen MR) is 107 cm³/mol. The molecular formula is C19H32O5Si2. The lowest BCUT2D eigenvalue weighted by Crippen LogP contribution is -2.48. The van der Waals surface area contributed by atoms with Gasteiger partial charge in [0.2, 0.25) is 0 Å². The van der Waals surface area contributed by atoms with Crippen molar-refractivity contribution in [2.24, 2.45) is 0 Å². The second-order valence-electron chi connectivity index (χ2n) is 8.53. The van der Waals surface area contributed by atoms with Gasteiger partial charge < -0.3 is 18.3 Å². The van der Waals surface area contributed by atoms with E-state index in [0.29, 0.717) is 6.61 Å². The fraction of sp³-hybridized carbons (Fsp3) is 0.632. The third kappa shape index (κ3) is 5.75. The van der Waals surface area contributed by atoms with Crippen LogP contribution < -0.4 is 0 Å². The minimum absolute atomic E-state index is 0.313. The molecule has 1 aromatic rings. The van der Waals surface area contributed by atoms with Gasteiger partial charge in [-0.3, -0.25) is 0 Å². The largest absolute Gasteiger partial charge is 0.464 e. The summed E-state index contributed by atoms with van der Waals surface area (Å²) in [7, 11) is -3.83. The Bertz CT molecular complexity index is 594. The maximum absolute atomic E-state index is 12.6. The molecule has 0 aliphatic carbocycles. The lowest BCUT2D eigenvalue weighted by atomic mass is 10.0. The number of ether oxygens (including phenoxy) is 2. The molecule has 0 saturated carbocycles. The zero-order chi connectivity index (χ0) is 19.5. The highest BCUT2D eigenvalue weighted by molar-refractivity contribution is 6.70. The lowest BCUT2D eigenvalue weighted by Gasteiger charge is -2.33. The molecule has 0 aromatic heterocycles. The molecule has 5 nitrogen and oxygen atoms in total. The molecule has 146 valence electrons. The molecule has 1 aromatic carbocycles. The van der Waals surface area contributed by atoms with E-state index in [-0.39, 0.29) is 18.2 Å². The number of hydrogen-bond acceptors (Lipinski definition) is 5. The maximum Gasteiger partial charge on any atom is 0.338 e. The van der Waals surface area contributed by atoms with Crippen LogP contribution in [0.5, 0.6) is 0 Å². The molecule has 1 saturated heterocycles. The van der Waals surface area contributed by atoms with Gasteiger partial charge in [-0.1, -0.05) is 30.3 Å². The highest BCUT2D eigenvalue weighted by Crippen LogP contribution is 2.40. The van der Waals surface area contributed by atoms with Crippen molar-refractivity contribution in [1.82, 2.24) is 0 Å². The van der Waals surface area contributed by atoms with Crippen molar-refractivity contribution in [3.63, 3.8) is 0 Å². The second-order valence-corrected chi connectivity index (χ2v) is 17.5. The van der Waals surface area contributed by atoms with Crippen LogP contribution in [0.25, 0.3) is 0 Å². The van der Waals surface area contributed by atoms with Crippen LogP contribution in [0.2, 0.25) is 39.3 Å². The van der Waals surface area contributed by atoms with E-state index in [1.165, 1.54) is 0 Å². The van der Waals surface area contributed by atoms with E-state index < -0.39 is 28.8 Å². The van der Waals surface area contributed by atoms with Gasteiger partial charge in [-0.15, -0.1) is 0 Å². The summed E-state index contributed by atoms with van der Waals surface area (Å²) in [5.74, 6) is -0.377. The predicted octanol–water partition coefficient (Wildman–Crippen LogP) is 4.13. The van der Waals surface area contributed by atoms with Gasteiger partial charge >= 0.3 is 5.97 Å². The van der Waals surface area contributed by atoms with Crippen LogP contribution in [0.15, 0.2) is 30.3 Å². The third-order valence-electron chi connectivity index (χ3n) is 3.84. The summed E-state index contributed by atoms with van der Waals surface area (Å²) in [6, 6.07) is 9.91. The Balaban J connectivity index is 2.42. The van der Waals surface area contributed by atoms with Crippen LogP contribution in [-0.4, -0.2) is 47.5 Å². The van der Waals surface area contributed by atoms with Gasteiger partial charge in [0.25, 0.3) is 0 Å². The van der Waals surface area contributed by atoms with Crippen molar-refractivity contribution in [2.75, 3.05) is 6.61 Å². The molecule has 4 atom stereocenters. The fourth-order valence-corrected chi connectivity index (χ4v) is 5.21. The first-order valence-electron chi connectivity index (χ1n) is 9.24. The van der Waals surface area contributed by atoms with Crippen molar-refractivity contribution in [3.8, 4) is 0 Å². The number of carbonyl (C=O) groups is 1. The Morgan fingerprint density at radius 2 is 1.50 bits per heavy atom. The van der Waals surface area contributed by atoms with E-state index in [4.69, 9.17) is 18.3 Å². The SMILES string of the molecule is CCOC(=O)[C@H]1O[C@@H](c2ccccc2)[C@H](O[Si](C)(C)C)[C@H]1O[Si](C)(C)C. The molecule has 0 amide bonds. The van der Waals surface area contributed by atoms with Crippen molar-refractivity contribution in [3.05, 3.63) is 35.9 Å². The molecule has 0 unspecified atom stereocenters. The molecule has 0 spiro atoms. The number of hydrogen-bond donors (Lipinski definition) is 0. The van der Waals surface area contributed by atoms with Gasteiger partial charge in [-0.2, -0.15) is 0 Å². The first-order valence-corrected chi connectivity index (χ1v) is 16.1. The first kappa shape index (κ1) is 21.3. The molecule has 2 rings (SSSR count). The number of benzene rings is 1. The molecule has 0 N–H and O–H groups in total. The monoisotopic (exact) mass is 396 g/mol. The van der Waals surface area contributed by atoms with E-state index in [0.717, 1.165) is 5.56 Å². The van der Waals surface area contributed by atoms with Crippen molar-refractivity contribution < 1.29 is 23.1 Å². The molecule has 1 aliphatic heterocycles. The molecule has 1 fully saturated rings. The van der Waals surface area contributed by atoms with Gasteiger partial charge in [0.15, 0.2) is 22.7 Å². The summed E-state index contributed by atoms with van der Waals surface area (Å²) >= 11 is 0. The summed E-state index contributed by atoms with van der Waals surface area (Å²) in [5, 5.41) is 0. The van der Waals surface area contributed by atoms with Crippen LogP contribution in [0.3, 0.4) is 0 Å². The smallest absolute Gasteiger partial charge is 0.338 e.